The molecule has 5 N–H and O–H groups in total. The number of benzene rings is 1. The number of carboxylic acid groups (broad SMARTS) is 2. The smallest absolute Gasteiger partial charge is 0.550 e. The van der Waals surface area contributed by atoms with Crippen LogP contribution in [0.25, 0.3) is 0 Å². The first-order valence-electron chi connectivity index (χ1n) is 10.7. The summed E-state index contributed by atoms with van der Waals surface area (Å²) in [7, 11) is 0. The Morgan fingerprint density at radius 1 is 1.08 bits per heavy atom. The van der Waals surface area contributed by atoms with Crippen molar-refractivity contribution in [1.29, 1.82) is 0 Å². The van der Waals surface area contributed by atoms with E-state index in [-0.39, 0.29) is 94.8 Å². The molecule has 12 nitrogen and oxygen atoms in total. The van der Waals surface area contributed by atoms with Crippen molar-refractivity contribution in [3.05, 3.63) is 47.8 Å². The van der Waals surface area contributed by atoms with E-state index >= 15 is 0 Å². The van der Waals surface area contributed by atoms with Gasteiger partial charge in [-0.05, 0) is 55.5 Å². The molecule has 188 valence electrons. The summed E-state index contributed by atoms with van der Waals surface area (Å²) in [5.74, 6) is -5.68. The molecule has 1 heterocycles. The molecule has 2 atom stereocenters. The summed E-state index contributed by atoms with van der Waals surface area (Å²) in [6, 6.07) is 3.88. The minimum atomic E-state index is -1.46. The van der Waals surface area contributed by atoms with Crippen LogP contribution in [0.1, 0.15) is 54.0 Å². The Hall–Kier alpha value is -2.19. The van der Waals surface area contributed by atoms with Gasteiger partial charge >= 0.3 is 59.1 Å². The molecule has 1 aromatic heterocycles. The molecule has 0 fully saturated rings. The minimum absolute atomic E-state index is 0. The van der Waals surface area contributed by atoms with Crippen LogP contribution < -0.4 is 85.7 Å². The van der Waals surface area contributed by atoms with E-state index in [1.165, 1.54) is 24.4 Å². The molecule has 2 aromatic rings. The van der Waals surface area contributed by atoms with E-state index in [4.69, 9.17) is 5.73 Å². The quantitative estimate of drug-likeness (QED) is 0.160. The molecule has 0 aliphatic rings. The van der Waals surface area contributed by atoms with Gasteiger partial charge in [0.25, 0.3) is 11.8 Å². The molecule has 2 amide bonds. The average Bonchev–Trinajstić information content (AvgIpc) is 3.27. The molecule has 0 radical (unpaired) electrons. The number of nitrogens with two attached hydrogens (primary N) is 1. The van der Waals surface area contributed by atoms with E-state index in [0.717, 1.165) is 16.7 Å². The second-order valence-corrected chi connectivity index (χ2v) is 8.28. The Balaban J connectivity index is 0.00000648. The van der Waals surface area contributed by atoms with Gasteiger partial charge in [0.15, 0.2) is 0 Å². The maximum absolute atomic E-state index is 13.1. The first-order chi connectivity index (χ1) is 16.4. The van der Waals surface area contributed by atoms with Crippen molar-refractivity contribution in [1.82, 2.24) is 9.88 Å². The molecular weight excluding hydrogens is 506 g/mol. The Kier molecular flexibility index (Phi) is 15.0. The molecule has 14 heteroatoms. The summed E-state index contributed by atoms with van der Waals surface area (Å²) in [6.45, 7) is 3.55. The standard InChI is InChI=1S/C23H28N4O8.2Na/c1-12(2)10-16(23(34)35)26-21(32)17-4-3-9-27(17)22(33)14-11-13(5-7-18(14)28)25-20(31)15(24)6-8-19(29)30;;/h3-5,7,9,11-12,15-16,28H,6,8,10,24H2,1-2H3,(H,25,31)(H,26,32)(H,29,30)(H,34,35);;/q;2*+1/p-2/t15?,16-;;/m0../s1. The molecular formula is C23H26N4Na2O8. The average molecular weight is 532 g/mol. The molecule has 1 aromatic carbocycles. The number of phenolic OH excluding ortho intramolecular Hbond substituents is 1. The van der Waals surface area contributed by atoms with Gasteiger partial charge in [-0.1, -0.05) is 13.8 Å². The van der Waals surface area contributed by atoms with Crippen molar-refractivity contribution in [2.24, 2.45) is 11.7 Å². The maximum Gasteiger partial charge on any atom is 1.00 e. The van der Waals surface area contributed by atoms with Crippen LogP contribution in [-0.4, -0.2) is 51.4 Å². The van der Waals surface area contributed by atoms with E-state index < -0.39 is 53.9 Å². The van der Waals surface area contributed by atoms with Crippen molar-refractivity contribution in [3.8, 4) is 5.75 Å². The number of nitrogens with one attached hydrogen (secondary N) is 2. The fourth-order valence-electron chi connectivity index (χ4n) is 3.21. The molecule has 0 saturated carbocycles. The normalized spacial score (nSPS) is 11.9. The minimum Gasteiger partial charge on any atom is -0.550 e. The third kappa shape index (κ3) is 10.2. The fourth-order valence-corrected chi connectivity index (χ4v) is 3.21. The van der Waals surface area contributed by atoms with Crippen LogP contribution >= 0.6 is 0 Å². The van der Waals surface area contributed by atoms with E-state index in [1.54, 1.807) is 13.8 Å². The summed E-state index contributed by atoms with van der Waals surface area (Å²) >= 11 is 0. The van der Waals surface area contributed by atoms with Crippen LogP contribution in [0.15, 0.2) is 36.5 Å². The monoisotopic (exact) mass is 532 g/mol. The van der Waals surface area contributed by atoms with Gasteiger partial charge in [-0.3, -0.25) is 19.0 Å². The summed E-state index contributed by atoms with van der Waals surface area (Å²) in [4.78, 5) is 59.9. The number of aromatic nitrogens is 1. The van der Waals surface area contributed by atoms with Crippen molar-refractivity contribution in [2.45, 2.75) is 45.2 Å². The van der Waals surface area contributed by atoms with Crippen molar-refractivity contribution in [2.75, 3.05) is 5.32 Å². The van der Waals surface area contributed by atoms with E-state index in [0.29, 0.717) is 0 Å². The second-order valence-electron chi connectivity index (χ2n) is 8.28. The molecule has 0 saturated heterocycles. The SMILES string of the molecule is CC(C)C[C@H](NC(=O)c1cccn1C(=O)c1cc(NC(=O)C(N)CCC(=O)[O-])ccc1O)C(=O)[O-].[Na+].[Na+]. The Bertz CT molecular complexity index is 1140. The van der Waals surface area contributed by atoms with Gasteiger partial charge < -0.3 is 41.3 Å². The van der Waals surface area contributed by atoms with Gasteiger partial charge in [0.05, 0.1) is 23.6 Å². The van der Waals surface area contributed by atoms with Gasteiger partial charge in [-0.2, -0.15) is 0 Å². The van der Waals surface area contributed by atoms with Crippen molar-refractivity contribution < 1.29 is 98.4 Å². The number of carbonyl (C=O) groups is 5. The largest absolute Gasteiger partial charge is 1.00 e. The summed E-state index contributed by atoms with van der Waals surface area (Å²) < 4.78 is 0.920. The number of hydrogen-bond donors (Lipinski definition) is 4. The number of carbonyl (C=O) groups excluding carboxylic acids is 5. The third-order valence-corrected chi connectivity index (χ3v) is 4.99. The van der Waals surface area contributed by atoms with Crippen LogP contribution in [0, 0.1) is 5.92 Å². The van der Waals surface area contributed by atoms with Crippen LogP contribution in [0.3, 0.4) is 0 Å². The summed E-state index contributed by atoms with van der Waals surface area (Å²) in [6.07, 6.45) is 0.802. The van der Waals surface area contributed by atoms with Gasteiger partial charge in [0.2, 0.25) is 5.91 Å². The first-order valence-corrected chi connectivity index (χ1v) is 10.7. The summed E-state index contributed by atoms with van der Waals surface area (Å²) in [5.41, 5.74) is 5.29. The molecule has 2 rings (SSSR count). The summed E-state index contributed by atoms with van der Waals surface area (Å²) in [5, 5.41) is 36.9. The zero-order valence-electron chi connectivity index (χ0n) is 21.1. The predicted molar refractivity (Wildman–Crippen MR) is 119 cm³/mol. The Labute approximate surface area is 257 Å². The number of nitrogens with zero attached hydrogens (tertiary/aromatic N) is 1. The number of anilines is 1. The zero-order chi connectivity index (χ0) is 26.3. The van der Waals surface area contributed by atoms with E-state index in [9.17, 15) is 39.3 Å². The van der Waals surface area contributed by atoms with Crippen LogP contribution in [0.4, 0.5) is 5.69 Å². The third-order valence-electron chi connectivity index (χ3n) is 4.99. The molecule has 37 heavy (non-hydrogen) atoms. The predicted octanol–water partition coefficient (Wildman–Crippen LogP) is -7.42. The number of rotatable bonds is 11. The number of phenols is 1. The van der Waals surface area contributed by atoms with Crippen molar-refractivity contribution in [3.63, 3.8) is 0 Å². The van der Waals surface area contributed by atoms with Crippen molar-refractivity contribution >= 4 is 35.3 Å². The van der Waals surface area contributed by atoms with Crippen LogP contribution in [-0.2, 0) is 14.4 Å². The molecule has 0 aliphatic heterocycles. The fraction of sp³-hybridized carbons (Fsp3) is 0.348. The van der Waals surface area contributed by atoms with Crippen LogP contribution in [0.2, 0.25) is 0 Å². The molecule has 0 bridgehead atoms. The first kappa shape index (κ1) is 34.8. The number of carboxylic acids is 2. The van der Waals surface area contributed by atoms with E-state index in [2.05, 4.69) is 10.6 Å². The molecule has 0 spiro atoms. The van der Waals surface area contributed by atoms with Gasteiger partial charge in [-0.15, -0.1) is 0 Å². The second kappa shape index (κ2) is 15.9. The van der Waals surface area contributed by atoms with Gasteiger partial charge in [-0.25, -0.2) is 0 Å². The Morgan fingerprint density at radius 3 is 2.30 bits per heavy atom. The topological polar surface area (TPSA) is 207 Å². The van der Waals surface area contributed by atoms with Gasteiger partial charge in [0.1, 0.15) is 11.4 Å². The number of amides is 2. The van der Waals surface area contributed by atoms with Crippen LogP contribution in [0.5, 0.6) is 5.75 Å². The number of hydrogen-bond acceptors (Lipinski definition) is 9. The van der Waals surface area contributed by atoms with E-state index in [1.807, 2.05) is 0 Å². The molecule has 0 aliphatic carbocycles. The van der Waals surface area contributed by atoms with Gasteiger partial charge in [0, 0.05) is 17.9 Å². The maximum atomic E-state index is 13.1. The number of aliphatic carboxylic acids is 2. The zero-order valence-corrected chi connectivity index (χ0v) is 25.1. The molecule has 1 unspecified atom stereocenters. The number of aromatic hydroxyl groups is 1. The Morgan fingerprint density at radius 2 is 1.73 bits per heavy atom.